The van der Waals surface area contributed by atoms with E-state index in [2.05, 4.69) is 15.3 Å². The molecule has 32 heavy (non-hydrogen) atoms. The van der Waals surface area contributed by atoms with Crippen LogP contribution in [0.3, 0.4) is 0 Å². The van der Waals surface area contributed by atoms with E-state index in [0.29, 0.717) is 12.5 Å². The lowest BCUT2D eigenvalue weighted by atomic mass is 9.82. The molecule has 0 aliphatic carbocycles. The minimum Gasteiger partial charge on any atom is -0.475 e. The molecule has 2 aromatic rings. The zero-order valence-corrected chi connectivity index (χ0v) is 17.4. The summed E-state index contributed by atoms with van der Waals surface area (Å²) in [5, 5.41) is 14.4. The summed E-state index contributed by atoms with van der Waals surface area (Å²) in [4.78, 5) is 24.0. The molecule has 0 unspecified atom stereocenters. The lowest BCUT2D eigenvalue weighted by molar-refractivity contribution is -0.192. The number of piperidine rings is 1. The Bertz CT molecular complexity index is 899. The Balaban J connectivity index is 0.000000360. The first-order chi connectivity index (χ1) is 15.1. The van der Waals surface area contributed by atoms with E-state index in [4.69, 9.17) is 19.1 Å². The molecule has 2 saturated heterocycles. The van der Waals surface area contributed by atoms with Gasteiger partial charge < -0.3 is 19.6 Å². The maximum Gasteiger partial charge on any atom is 0.490 e. The average molecular weight is 458 g/mol. The Morgan fingerprint density at radius 2 is 2.09 bits per heavy atom. The van der Waals surface area contributed by atoms with Gasteiger partial charge >= 0.3 is 12.1 Å². The van der Waals surface area contributed by atoms with Crippen molar-refractivity contribution < 1.29 is 37.0 Å². The number of aryl methyl sites for hydroxylation is 1. The van der Waals surface area contributed by atoms with Crippen molar-refractivity contribution in [3.05, 3.63) is 42.1 Å². The molecule has 4 rings (SSSR count). The summed E-state index contributed by atoms with van der Waals surface area (Å²) in [5.74, 6) is -1.63. The number of carboxylic acid groups (broad SMARTS) is 1. The van der Waals surface area contributed by atoms with Crippen molar-refractivity contribution in [2.45, 2.75) is 31.8 Å². The zero-order valence-electron chi connectivity index (χ0n) is 17.4. The number of carboxylic acids is 1. The number of carbonyl (C=O) groups is 2. The van der Waals surface area contributed by atoms with Crippen LogP contribution < -0.4 is 5.32 Å². The van der Waals surface area contributed by atoms with E-state index in [0.717, 1.165) is 44.0 Å². The fourth-order valence-electron chi connectivity index (χ4n) is 3.99. The molecule has 2 aliphatic rings. The van der Waals surface area contributed by atoms with Crippen LogP contribution >= 0.6 is 0 Å². The molecule has 4 heterocycles. The van der Waals surface area contributed by atoms with Gasteiger partial charge in [-0.15, -0.1) is 0 Å². The zero-order chi connectivity index (χ0) is 23.3. The standard InChI is InChI=1S/C18H24N4O3.C2HF3O2/c1-21-9-13(7-20-21)10-22-11-16(15-4-6-25-17(15)12-22)18(23)19-8-14-3-2-5-24-14;3-2(4,5)1(6)7/h2-3,5,7,9,15-17H,4,6,8,10-12H2,1H3,(H,19,23);(H,6,7)/t15-,16-,17+;/m0./s1. The topological polar surface area (TPSA) is 110 Å². The number of halogens is 3. The van der Waals surface area contributed by atoms with Crippen LogP contribution in [-0.2, 0) is 34.5 Å². The fourth-order valence-corrected chi connectivity index (χ4v) is 3.99. The van der Waals surface area contributed by atoms with Gasteiger partial charge in [0.05, 0.1) is 31.0 Å². The number of ether oxygens (including phenoxy) is 1. The maximum absolute atomic E-state index is 12.8. The van der Waals surface area contributed by atoms with Gasteiger partial charge in [0.25, 0.3) is 0 Å². The summed E-state index contributed by atoms with van der Waals surface area (Å²) in [6.45, 7) is 3.61. The second-order valence-electron chi connectivity index (χ2n) is 7.78. The number of aliphatic carboxylic acids is 1. The number of hydrogen-bond donors (Lipinski definition) is 2. The number of nitrogens with one attached hydrogen (secondary N) is 1. The van der Waals surface area contributed by atoms with Gasteiger partial charge in [-0.25, -0.2) is 4.79 Å². The van der Waals surface area contributed by atoms with Crippen LogP contribution in [0, 0.1) is 11.8 Å². The summed E-state index contributed by atoms with van der Waals surface area (Å²) in [7, 11) is 1.92. The van der Waals surface area contributed by atoms with Crippen molar-refractivity contribution in [1.29, 1.82) is 0 Å². The Labute approximate surface area is 182 Å². The van der Waals surface area contributed by atoms with Crippen LogP contribution in [-0.4, -0.2) is 63.6 Å². The molecule has 0 spiro atoms. The smallest absolute Gasteiger partial charge is 0.475 e. The number of carbonyl (C=O) groups excluding carboxylic acids is 1. The molecule has 3 atom stereocenters. The van der Waals surface area contributed by atoms with E-state index >= 15 is 0 Å². The lowest BCUT2D eigenvalue weighted by Gasteiger charge is -2.39. The largest absolute Gasteiger partial charge is 0.490 e. The second kappa shape index (κ2) is 10.2. The number of amides is 1. The second-order valence-corrected chi connectivity index (χ2v) is 7.78. The summed E-state index contributed by atoms with van der Waals surface area (Å²) >= 11 is 0. The van der Waals surface area contributed by atoms with Crippen LogP contribution in [0.2, 0.25) is 0 Å². The van der Waals surface area contributed by atoms with Crippen LogP contribution in [0.4, 0.5) is 13.2 Å². The number of furan rings is 1. The van der Waals surface area contributed by atoms with Crippen molar-refractivity contribution in [1.82, 2.24) is 20.0 Å². The third kappa shape index (κ3) is 6.33. The highest BCUT2D eigenvalue weighted by atomic mass is 19.4. The first kappa shape index (κ1) is 23.8. The number of alkyl halides is 3. The number of aromatic nitrogens is 2. The Hall–Kier alpha value is -2.86. The monoisotopic (exact) mass is 458 g/mol. The van der Waals surface area contributed by atoms with Crippen molar-refractivity contribution in [2.24, 2.45) is 18.9 Å². The Kier molecular flexibility index (Phi) is 7.56. The van der Waals surface area contributed by atoms with Crippen molar-refractivity contribution in [2.75, 3.05) is 19.7 Å². The van der Waals surface area contributed by atoms with Gasteiger partial charge in [-0.2, -0.15) is 18.3 Å². The van der Waals surface area contributed by atoms with Gasteiger partial charge in [-0.1, -0.05) is 0 Å². The molecular formula is C20H25F3N4O5. The van der Waals surface area contributed by atoms with Crippen molar-refractivity contribution in [3.63, 3.8) is 0 Å². The normalized spacial score (nSPS) is 23.2. The van der Waals surface area contributed by atoms with Crippen molar-refractivity contribution >= 4 is 11.9 Å². The molecule has 2 N–H and O–H groups in total. The van der Waals surface area contributed by atoms with E-state index < -0.39 is 12.1 Å². The Morgan fingerprint density at radius 3 is 2.69 bits per heavy atom. The maximum atomic E-state index is 12.8. The third-order valence-corrected chi connectivity index (χ3v) is 5.43. The van der Waals surface area contributed by atoms with Gasteiger partial charge in [0.1, 0.15) is 5.76 Å². The van der Waals surface area contributed by atoms with E-state index in [-0.39, 0.29) is 17.9 Å². The molecule has 0 aromatic carbocycles. The van der Waals surface area contributed by atoms with Gasteiger partial charge in [-0.3, -0.25) is 14.4 Å². The number of fused-ring (bicyclic) bond motifs is 1. The highest BCUT2D eigenvalue weighted by Gasteiger charge is 2.43. The van der Waals surface area contributed by atoms with E-state index in [1.165, 1.54) is 0 Å². The molecule has 9 nitrogen and oxygen atoms in total. The van der Waals surface area contributed by atoms with Gasteiger partial charge in [-0.05, 0) is 18.6 Å². The molecule has 176 valence electrons. The predicted octanol–water partition coefficient (Wildman–Crippen LogP) is 1.80. The van der Waals surface area contributed by atoms with E-state index in [9.17, 15) is 18.0 Å². The summed E-state index contributed by atoms with van der Waals surface area (Å²) in [5.41, 5.74) is 1.16. The lowest BCUT2D eigenvalue weighted by Crippen LogP contribution is -2.52. The summed E-state index contributed by atoms with van der Waals surface area (Å²) in [6.07, 6.45) is 1.55. The fraction of sp³-hybridized carbons (Fsp3) is 0.550. The first-order valence-electron chi connectivity index (χ1n) is 10.0. The number of likely N-dealkylation sites (tertiary alicyclic amines) is 1. The molecule has 2 aromatic heterocycles. The van der Waals surface area contributed by atoms with E-state index in [1.807, 2.05) is 36.3 Å². The Morgan fingerprint density at radius 1 is 1.34 bits per heavy atom. The number of rotatable bonds is 5. The highest BCUT2D eigenvalue weighted by molar-refractivity contribution is 5.79. The minimum absolute atomic E-state index is 0.0483. The van der Waals surface area contributed by atoms with Gasteiger partial charge in [0.2, 0.25) is 5.91 Å². The average Bonchev–Trinajstić information content (AvgIpc) is 3.47. The summed E-state index contributed by atoms with van der Waals surface area (Å²) in [6, 6.07) is 3.70. The predicted molar refractivity (Wildman–Crippen MR) is 104 cm³/mol. The highest BCUT2D eigenvalue weighted by Crippen LogP contribution is 2.34. The third-order valence-electron chi connectivity index (χ3n) is 5.43. The molecule has 1 amide bonds. The molecule has 0 radical (unpaired) electrons. The molecule has 2 aliphatic heterocycles. The summed E-state index contributed by atoms with van der Waals surface area (Å²) < 4.78 is 44.7. The van der Waals surface area contributed by atoms with Crippen molar-refractivity contribution in [3.8, 4) is 0 Å². The molecular weight excluding hydrogens is 433 g/mol. The first-order valence-corrected chi connectivity index (χ1v) is 10.0. The van der Waals surface area contributed by atoms with E-state index in [1.54, 1.807) is 6.26 Å². The van der Waals surface area contributed by atoms with Gasteiger partial charge in [0, 0.05) is 51.0 Å². The SMILES string of the molecule is Cn1cc(CN2C[C@H](C(=O)NCc3ccco3)[C@@H]3CCO[C@@H]3C2)cn1.O=C(O)C(F)(F)F. The van der Waals surface area contributed by atoms with Crippen LogP contribution in [0.5, 0.6) is 0 Å². The van der Waals surface area contributed by atoms with Gasteiger partial charge in [0.15, 0.2) is 0 Å². The minimum atomic E-state index is -5.08. The molecule has 0 saturated carbocycles. The van der Waals surface area contributed by atoms with Crippen LogP contribution in [0.15, 0.2) is 35.2 Å². The molecule has 12 heteroatoms. The van der Waals surface area contributed by atoms with Crippen LogP contribution in [0.1, 0.15) is 17.7 Å². The number of hydrogen-bond acceptors (Lipinski definition) is 6. The quantitative estimate of drug-likeness (QED) is 0.703. The molecule has 2 fully saturated rings. The number of nitrogens with zero attached hydrogens (tertiary/aromatic N) is 3. The molecule has 0 bridgehead atoms. The van der Waals surface area contributed by atoms with Crippen LogP contribution in [0.25, 0.3) is 0 Å².